The average Bonchev–Trinajstić information content (AvgIpc) is 1.37. The lowest BCUT2D eigenvalue weighted by Crippen LogP contribution is -1.40. The van der Waals surface area contributed by atoms with Gasteiger partial charge in [0, 0.05) is 7.11 Å². The molecule has 0 aliphatic carbocycles. The number of rotatable bonds is 1. The average molecular weight is 94.0 g/mol. The monoisotopic (exact) mass is 94.0 g/mol. The smallest absolute Gasteiger partial charge is 0.0795 e. The van der Waals surface area contributed by atoms with E-state index in [-0.39, 0.29) is 0 Å². The maximum absolute atomic E-state index is 4.43. The fourth-order valence-electron chi connectivity index (χ4n) is 0. The second-order valence-corrected chi connectivity index (χ2v) is 1.37. The molecule has 0 spiro atoms. The van der Waals surface area contributed by atoms with Gasteiger partial charge in [0.1, 0.15) is 0 Å². The van der Waals surface area contributed by atoms with Crippen LogP contribution in [0, 0.1) is 0 Å². The van der Waals surface area contributed by atoms with Gasteiger partial charge in [0.2, 0.25) is 0 Å². The minimum Gasteiger partial charge on any atom is -0.326 e. The fraction of sp³-hybridized carbons (Fsp3) is 1.00. The summed E-state index contributed by atoms with van der Waals surface area (Å²) in [5.74, 6) is 0. The Bertz CT molecular complexity index is 20.0. The third-order valence-corrected chi connectivity index (χ3v) is 0.822. The molecule has 0 rings (SSSR count). The molecule has 3 heteroatoms. The minimum absolute atomic E-state index is 0.804. The van der Waals surface area contributed by atoms with Crippen LogP contribution >= 0.6 is 16.6 Å². The van der Waals surface area contributed by atoms with Crippen LogP contribution in [0.3, 0.4) is 0 Å². The first-order chi connectivity index (χ1) is 1.91. The molecule has 4 heavy (non-hydrogen) atoms. The van der Waals surface area contributed by atoms with Gasteiger partial charge in [-0.2, -0.15) is 0 Å². The zero-order chi connectivity index (χ0) is 3.41. The summed E-state index contributed by atoms with van der Waals surface area (Å²) in [6, 6.07) is 0. The van der Waals surface area contributed by atoms with Crippen molar-refractivity contribution in [2.45, 2.75) is 0 Å². The van der Waals surface area contributed by atoms with Crippen molar-refractivity contribution in [3.05, 3.63) is 0 Å². The Kier molecular flexibility index (Phi) is 4.06. The van der Waals surface area contributed by atoms with Crippen LogP contribution < -0.4 is 0 Å². The molecule has 0 heterocycles. The Morgan fingerprint density at radius 2 is 2.25 bits per heavy atom. The highest BCUT2D eigenvalue weighted by Gasteiger charge is 1.41. The first-order valence-electron chi connectivity index (χ1n) is 0.814. The molecule has 24 valence electrons. The molecule has 0 aliphatic rings. The SMILES string of the molecule is COP=P. The van der Waals surface area contributed by atoms with E-state index in [4.69, 9.17) is 0 Å². The van der Waals surface area contributed by atoms with E-state index < -0.39 is 0 Å². The molecule has 0 atom stereocenters. The summed E-state index contributed by atoms with van der Waals surface area (Å²) < 4.78 is 4.43. The van der Waals surface area contributed by atoms with E-state index in [1.807, 2.05) is 0 Å². The van der Waals surface area contributed by atoms with Crippen molar-refractivity contribution in [2.75, 3.05) is 7.11 Å². The van der Waals surface area contributed by atoms with Gasteiger partial charge in [-0.3, -0.25) is 0 Å². The quantitative estimate of drug-likeness (QED) is 0.448. The third-order valence-electron chi connectivity index (χ3n) is 0.0913. The van der Waals surface area contributed by atoms with Gasteiger partial charge in [0.25, 0.3) is 0 Å². The first kappa shape index (κ1) is 4.56. The molecule has 0 saturated carbocycles. The summed E-state index contributed by atoms with van der Waals surface area (Å²) in [5, 5.41) is 0. The molecule has 0 aliphatic heterocycles. The van der Waals surface area contributed by atoms with Crippen molar-refractivity contribution in [1.29, 1.82) is 0 Å². The maximum Gasteiger partial charge on any atom is 0.0795 e. The fourth-order valence-corrected chi connectivity index (χ4v) is 0. The molecule has 0 N–H and O–H groups in total. The van der Waals surface area contributed by atoms with Gasteiger partial charge in [0.05, 0.1) is 8.09 Å². The largest absolute Gasteiger partial charge is 0.326 e. The Hall–Kier alpha value is 0.560. The molecule has 0 fully saturated rings. The van der Waals surface area contributed by atoms with Crippen LogP contribution in [0.1, 0.15) is 0 Å². The van der Waals surface area contributed by atoms with Crippen LogP contribution in [0.15, 0.2) is 0 Å². The van der Waals surface area contributed by atoms with Crippen molar-refractivity contribution in [1.82, 2.24) is 0 Å². The standard InChI is InChI=1S/CH4OP2/c1-2-4-3/h3H,1H3. The molecule has 0 aromatic carbocycles. The summed E-state index contributed by atoms with van der Waals surface area (Å²) in [5.41, 5.74) is 0. The van der Waals surface area contributed by atoms with Gasteiger partial charge >= 0.3 is 0 Å². The predicted molar refractivity (Wildman–Crippen MR) is 22.2 cm³/mol. The molecule has 0 unspecified atom stereocenters. The summed E-state index contributed by atoms with van der Waals surface area (Å²) in [6.07, 6.45) is 0. The van der Waals surface area contributed by atoms with Gasteiger partial charge in [-0.05, 0) is 0 Å². The molecule has 0 saturated heterocycles. The number of hydrogen-bond donors (Lipinski definition) is 0. The van der Waals surface area contributed by atoms with Crippen molar-refractivity contribution >= 4 is 16.6 Å². The van der Waals surface area contributed by atoms with Crippen LogP contribution in [0.25, 0.3) is 0 Å². The van der Waals surface area contributed by atoms with E-state index in [0.717, 1.165) is 8.09 Å². The molecular weight excluding hydrogens is 90.0 g/mol. The number of hydrogen-bond acceptors (Lipinski definition) is 1. The van der Waals surface area contributed by atoms with E-state index in [1.54, 1.807) is 7.11 Å². The third kappa shape index (κ3) is 2.56. The van der Waals surface area contributed by atoms with Crippen molar-refractivity contribution in [3.63, 3.8) is 0 Å². The lowest BCUT2D eigenvalue weighted by Gasteiger charge is -1.64. The molecule has 0 aromatic heterocycles. The van der Waals surface area contributed by atoms with E-state index in [2.05, 4.69) is 13.1 Å². The van der Waals surface area contributed by atoms with Crippen molar-refractivity contribution in [3.8, 4) is 0 Å². The minimum atomic E-state index is 0.804. The lowest BCUT2D eigenvalue weighted by atomic mass is 11.8. The van der Waals surface area contributed by atoms with Gasteiger partial charge < -0.3 is 4.52 Å². The highest BCUT2D eigenvalue weighted by atomic mass is 31.7. The Labute approximate surface area is 29.3 Å². The van der Waals surface area contributed by atoms with E-state index in [0.29, 0.717) is 0 Å². The van der Waals surface area contributed by atoms with Crippen LogP contribution in [-0.4, -0.2) is 7.11 Å². The molecule has 0 amide bonds. The van der Waals surface area contributed by atoms with Gasteiger partial charge in [-0.25, -0.2) is 0 Å². The van der Waals surface area contributed by atoms with Crippen LogP contribution in [0.4, 0.5) is 0 Å². The molecule has 0 bridgehead atoms. The topological polar surface area (TPSA) is 9.23 Å². The van der Waals surface area contributed by atoms with Crippen LogP contribution in [0.2, 0.25) is 0 Å². The van der Waals surface area contributed by atoms with E-state index >= 15 is 0 Å². The second-order valence-electron chi connectivity index (χ2n) is 0.274. The van der Waals surface area contributed by atoms with E-state index in [1.165, 1.54) is 0 Å². The molecular formula is CH4OP2. The summed E-state index contributed by atoms with van der Waals surface area (Å²) in [7, 11) is 5.46. The highest BCUT2D eigenvalue weighted by Crippen LogP contribution is 1.96. The van der Waals surface area contributed by atoms with Crippen LogP contribution in [0.5, 0.6) is 0 Å². The highest BCUT2D eigenvalue weighted by molar-refractivity contribution is 7.71. The second kappa shape index (κ2) is 3.56. The summed E-state index contributed by atoms with van der Waals surface area (Å²) in [6.45, 7) is 0. The Morgan fingerprint density at radius 1 is 2.00 bits per heavy atom. The Balaban J connectivity index is 2.30. The molecule has 1 nitrogen and oxygen atoms in total. The van der Waals surface area contributed by atoms with Crippen molar-refractivity contribution < 1.29 is 4.52 Å². The summed E-state index contributed by atoms with van der Waals surface area (Å²) >= 11 is 0. The first-order valence-corrected chi connectivity index (χ1v) is 2.97. The van der Waals surface area contributed by atoms with Gasteiger partial charge in [0.15, 0.2) is 0 Å². The van der Waals surface area contributed by atoms with Gasteiger partial charge in [-0.15, -0.1) is 0 Å². The summed E-state index contributed by atoms with van der Waals surface area (Å²) in [4.78, 5) is 0. The lowest BCUT2D eigenvalue weighted by molar-refractivity contribution is 0.487. The van der Waals surface area contributed by atoms with Crippen molar-refractivity contribution in [2.24, 2.45) is 0 Å². The molecule has 0 aromatic rings. The predicted octanol–water partition coefficient (Wildman–Crippen LogP) is 1.55. The Morgan fingerprint density at radius 3 is 2.25 bits per heavy atom. The maximum atomic E-state index is 4.43. The van der Waals surface area contributed by atoms with Gasteiger partial charge in [-0.1, -0.05) is 8.53 Å². The van der Waals surface area contributed by atoms with Crippen LogP contribution in [-0.2, 0) is 4.52 Å². The van der Waals surface area contributed by atoms with E-state index in [9.17, 15) is 0 Å². The molecule has 0 radical (unpaired) electrons. The zero-order valence-corrected chi connectivity index (χ0v) is 4.25. The zero-order valence-electron chi connectivity index (χ0n) is 2.36. The normalized spacial score (nSPS) is 8.25.